The first-order valence-corrected chi connectivity index (χ1v) is 10.9. The van der Waals surface area contributed by atoms with Crippen LogP contribution in [-0.4, -0.2) is 15.7 Å². The fraction of sp³-hybridized carbons (Fsp3) is 0.0909. The van der Waals surface area contributed by atoms with E-state index in [0.29, 0.717) is 25.7 Å². The van der Waals surface area contributed by atoms with Gasteiger partial charge < -0.3 is 4.57 Å². The smallest absolute Gasteiger partial charge is 0.298 e. The van der Waals surface area contributed by atoms with E-state index in [1.54, 1.807) is 42.5 Å². The standard InChI is InChI=1S/C22H15Cl3N2O2S/c1-12-8-14(13(2)26(12)19-7-6-16(24)11-18(19)25)9-20-21(28)27(22(29)30-20)17-5-3-4-15(23)10-17/h3-11H,1-2H3/b20-9+. The molecule has 0 bridgehead atoms. The van der Waals surface area contributed by atoms with Crippen molar-refractivity contribution < 1.29 is 9.59 Å². The van der Waals surface area contributed by atoms with Gasteiger partial charge in [-0.25, -0.2) is 4.90 Å². The van der Waals surface area contributed by atoms with Crippen LogP contribution in [0.4, 0.5) is 10.5 Å². The summed E-state index contributed by atoms with van der Waals surface area (Å²) in [7, 11) is 0. The number of aryl methyl sites for hydroxylation is 1. The Kier molecular flexibility index (Phi) is 5.73. The minimum absolute atomic E-state index is 0.349. The summed E-state index contributed by atoms with van der Waals surface area (Å²) in [6, 6.07) is 13.9. The van der Waals surface area contributed by atoms with E-state index in [-0.39, 0.29) is 11.1 Å². The van der Waals surface area contributed by atoms with Crippen molar-refractivity contribution in [3.8, 4) is 5.69 Å². The van der Waals surface area contributed by atoms with E-state index in [9.17, 15) is 9.59 Å². The third-order valence-electron chi connectivity index (χ3n) is 4.77. The first-order chi connectivity index (χ1) is 14.3. The Labute approximate surface area is 193 Å². The molecule has 4 nitrogen and oxygen atoms in total. The first kappa shape index (κ1) is 21.1. The molecule has 0 radical (unpaired) electrons. The average molecular weight is 478 g/mol. The third-order valence-corrected chi connectivity index (χ3v) is 6.41. The van der Waals surface area contributed by atoms with Crippen LogP contribution in [0.5, 0.6) is 0 Å². The SMILES string of the molecule is Cc1cc(/C=C2/SC(=O)N(c3cccc(Cl)c3)C2=O)c(C)n1-c1ccc(Cl)cc1Cl. The number of benzene rings is 2. The molecule has 1 fully saturated rings. The van der Waals surface area contributed by atoms with Crippen molar-refractivity contribution in [3.63, 3.8) is 0 Å². The highest BCUT2D eigenvalue weighted by atomic mass is 35.5. The van der Waals surface area contributed by atoms with E-state index in [1.807, 2.05) is 30.5 Å². The number of thioether (sulfide) groups is 1. The number of anilines is 1. The number of halogens is 3. The topological polar surface area (TPSA) is 42.3 Å². The summed E-state index contributed by atoms with van der Waals surface area (Å²) in [5.41, 5.74) is 3.91. The molecule has 1 aliphatic heterocycles. The summed E-state index contributed by atoms with van der Waals surface area (Å²) in [4.78, 5) is 26.9. The molecule has 2 aromatic carbocycles. The Morgan fingerprint density at radius 1 is 0.933 bits per heavy atom. The van der Waals surface area contributed by atoms with E-state index in [2.05, 4.69) is 0 Å². The summed E-state index contributed by atoms with van der Waals surface area (Å²) in [6.07, 6.45) is 1.73. The van der Waals surface area contributed by atoms with Gasteiger partial charge in [-0.15, -0.1) is 0 Å². The monoisotopic (exact) mass is 476 g/mol. The molecule has 0 aliphatic carbocycles. The molecule has 1 aliphatic rings. The zero-order valence-corrected chi connectivity index (χ0v) is 19.0. The summed E-state index contributed by atoms with van der Waals surface area (Å²) in [6.45, 7) is 3.89. The number of rotatable bonds is 3. The molecule has 1 saturated heterocycles. The average Bonchev–Trinajstić information content (AvgIpc) is 3.11. The quantitative estimate of drug-likeness (QED) is 0.372. The number of imide groups is 1. The molecule has 2 heterocycles. The lowest BCUT2D eigenvalue weighted by atomic mass is 10.2. The van der Waals surface area contributed by atoms with Gasteiger partial charge >= 0.3 is 0 Å². The van der Waals surface area contributed by atoms with Crippen molar-refractivity contribution in [1.29, 1.82) is 0 Å². The Morgan fingerprint density at radius 2 is 1.67 bits per heavy atom. The van der Waals surface area contributed by atoms with Crippen LogP contribution in [0.1, 0.15) is 17.0 Å². The van der Waals surface area contributed by atoms with Crippen molar-refractivity contribution >= 4 is 69.5 Å². The van der Waals surface area contributed by atoms with E-state index in [0.717, 1.165) is 39.3 Å². The molecule has 0 saturated carbocycles. The fourth-order valence-electron chi connectivity index (χ4n) is 3.41. The van der Waals surface area contributed by atoms with Crippen molar-refractivity contribution in [2.75, 3.05) is 4.90 Å². The summed E-state index contributed by atoms with van der Waals surface area (Å²) in [5.74, 6) is -0.374. The van der Waals surface area contributed by atoms with Crippen molar-refractivity contribution in [1.82, 2.24) is 4.57 Å². The molecule has 0 N–H and O–H groups in total. The van der Waals surface area contributed by atoms with Crippen molar-refractivity contribution in [3.05, 3.63) is 85.5 Å². The van der Waals surface area contributed by atoms with Gasteiger partial charge in [0, 0.05) is 21.4 Å². The fourth-order valence-corrected chi connectivity index (χ4v) is 4.92. The van der Waals surface area contributed by atoms with E-state index < -0.39 is 0 Å². The lowest BCUT2D eigenvalue weighted by Gasteiger charge is -2.12. The normalized spacial score (nSPS) is 15.5. The second-order valence-corrected chi connectivity index (χ2v) is 9.03. The summed E-state index contributed by atoms with van der Waals surface area (Å²) >= 11 is 19.3. The van der Waals surface area contributed by atoms with Crippen molar-refractivity contribution in [2.24, 2.45) is 0 Å². The molecule has 4 rings (SSSR count). The van der Waals surface area contributed by atoms with Gasteiger partial charge in [-0.2, -0.15) is 0 Å². The van der Waals surface area contributed by atoms with Crippen LogP contribution in [0.2, 0.25) is 15.1 Å². The number of hydrogen-bond acceptors (Lipinski definition) is 3. The number of hydrogen-bond donors (Lipinski definition) is 0. The number of carbonyl (C=O) groups excluding carboxylic acids is 2. The van der Waals surface area contributed by atoms with Crippen LogP contribution < -0.4 is 4.90 Å². The molecule has 8 heteroatoms. The number of amides is 2. The van der Waals surface area contributed by atoms with E-state index in [4.69, 9.17) is 34.8 Å². The maximum Gasteiger partial charge on any atom is 0.298 e. The molecule has 30 heavy (non-hydrogen) atoms. The van der Waals surface area contributed by atoms with Gasteiger partial charge in [-0.05, 0) is 79.7 Å². The molecular weight excluding hydrogens is 463 g/mol. The predicted molar refractivity (Wildman–Crippen MR) is 125 cm³/mol. The van der Waals surface area contributed by atoms with Gasteiger partial charge in [0.1, 0.15) is 0 Å². The van der Waals surface area contributed by atoms with Gasteiger partial charge in [0.15, 0.2) is 0 Å². The maximum absolute atomic E-state index is 12.9. The lowest BCUT2D eigenvalue weighted by molar-refractivity contribution is -0.113. The zero-order chi connectivity index (χ0) is 21.6. The van der Waals surface area contributed by atoms with Gasteiger partial charge in [0.2, 0.25) is 0 Å². The summed E-state index contributed by atoms with van der Waals surface area (Å²) in [5, 5.41) is 1.18. The Bertz CT molecular complexity index is 1230. The first-order valence-electron chi connectivity index (χ1n) is 8.94. The van der Waals surface area contributed by atoms with E-state index in [1.165, 1.54) is 0 Å². The number of carbonyl (C=O) groups is 2. The second-order valence-electron chi connectivity index (χ2n) is 6.75. The van der Waals surface area contributed by atoms with Gasteiger partial charge in [-0.3, -0.25) is 9.59 Å². The second kappa shape index (κ2) is 8.16. The van der Waals surface area contributed by atoms with Crippen LogP contribution >= 0.6 is 46.6 Å². The van der Waals surface area contributed by atoms with Crippen LogP contribution in [0.3, 0.4) is 0 Å². The molecule has 2 amide bonds. The molecular formula is C22H15Cl3N2O2S. The largest absolute Gasteiger partial charge is 0.316 e. The highest BCUT2D eigenvalue weighted by Crippen LogP contribution is 2.37. The zero-order valence-electron chi connectivity index (χ0n) is 15.9. The van der Waals surface area contributed by atoms with Crippen LogP contribution in [0.25, 0.3) is 11.8 Å². The van der Waals surface area contributed by atoms with Gasteiger partial charge in [0.05, 0.1) is 21.3 Å². The molecule has 3 aromatic rings. The molecule has 1 aromatic heterocycles. The lowest BCUT2D eigenvalue weighted by Crippen LogP contribution is -2.27. The highest BCUT2D eigenvalue weighted by Gasteiger charge is 2.36. The Balaban J connectivity index is 1.72. The van der Waals surface area contributed by atoms with Gasteiger partial charge in [0.25, 0.3) is 11.1 Å². The highest BCUT2D eigenvalue weighted by molar-refractivity contribution is 8.19. The van der Waals surface area contributed by atoms with E-state index >= 15 is 0 Å². The molecule has 152 valence electrons. The van der Waals surface area contributed by atoms with Crippen LogP contribution in [0.15, 0.2) is 53.4 Å². The Morgan fingerprint density at radius 3 is 2.37 bits per heavy atom. The predicted octanol–water partition coefficient (Wildman–Crippen LogP) is 7.30. The minimum Gasteiger partial charge on any atom is -0.316 e. The maximum atomic E-state index is 12.9. The number of nitrogens with zero attached hydrogens (tertiary/aromatic N) is 2. The summed E-state index contributed by atoms with van der Waals surface area (Å²) < 4.78 is 1.99. The van der Waals surface area contributed by atoms with Crippen molar-refractivity contribution in [2.45, 2.75) is 13.8 Å². The molecule has 0 atom stereocenters. The number of aromatic nitrogens is 1. The minimum atomic E-state index is -0.374. The third kappa shape index (κ3) is 3.79. The van der Waals surface area contributed by atoms with Gasteiger partial charge in [-0.1, -0.05) is 40.9 Å². The van der Waals surface area contributed by atoms with Crippen LogP contribution in [0, 0.1) is 13.8 Å². The molecule has 0 unspecified atom stereocenters. The molecule has 0 spiro atoms. The van der Waals surface area contributed by atoms with Crippen LogP contribution in [-0.2, 0) is 4.79 Å². The Hall–Kier alpha value is -2.18.